The third kappa shape index (κ3) is 3.28. The Morgan fingerprint density at radius 1 is 1.19 bits per heavy atom. The number of hydrogen-bond acceptors (Lipinski definition) is 3. The van der Waals surface area contributed by atoms with Crippen LogP contribution in [0.1, 0.15) is 21.5 Å². The van der Waals surface area contributed by atoms with Gasteiger partial charge in [0.1, 0.15) is 5.56 Å². The Kier molecular flexibility index (Phi) is 4.37. The van der Waals surface area contributed by atoms with E-state index in [1.807, 2.05) is 19.1 Å². The summed E-state index contributed by atoms with van der Waals surface area (Å²) in [7, 11) is 0. The zero-order chi connectivity index (χ0) is 15.6. The zero-order valence-electron chi connectivity index (χ0n) is 11.5. The molecule has 0 bridgehead atoms. The standard InChI is InChI=1S/C15H13BrN2O3/c1-9-6-7-11(16)8-13(9)17-15(19)12-5-3-4-10(2)14(12)18(20)21/h3-8H,1-2H3,(H,17,19). The minimum Gasteiger partial charge on any atom is -0.321 e. The van der Waals surface area contributed by atoms with Crippen LogP contribution in [0.25, 0.3) is 0 Å². The van der Waals surface area contributed by atoms with Crippen molar-refractivity contribution in [3.63, 3.8) is 0 Å². The number of nitro benzene ring substituents is 1. The van der Waals surface area contributed by atoms with Gasteiger partial charge in [0, 0.05) is 15.7 Å². The molecule has 0 heterocycles. The third-order valence-corrected chi connectivity index (χ3v) is 3.61. The highest BCUT2D eigenvalue weighted by atomic mass is 79.9. The molecule has 0 aliphatic rings. The summed E-state index contributed by atoms with van der Waals surface area (Å²) < 4.78 is 0.821. The quantitative estimate of drug-likeness (QED) is 0.666. The highest BCUT2D eigenvalue weighted by Crippen LogP contribution is 2.26. The minimum absolute atomic E-state index is 0.0550. The highest BCUT2D eigenvalue weighted by molar-refractivity contribution is 9.10. The van der Waals surface area contributed by atoms with Crippen molar-refractivity contribution in [2.24, 2.45) is 0 Å². The fourth-order valence-corrected chi connectivity index (χ4v) is 2.36. The van der Waals surface area contributed by atoms with E-state index in [2.05, 4.69) is 21.2 Å². The molecule has 0 saturated heterocycles. The zero-order valence-corrected chi connectivity index (χ0v) is 13.1. The first-order valence-electron chi connectivity index (χ1n) is 6.21. The third-order valence-electron chi connectivity index (χ3n) is 3.11. The van der Waals surface area contributed by atoms with Crippen LogP contribution in [0.2, 0.25) is 0 Å². The van der Waals surface area contributed by atoms with Crippen LogP contribution in [0, 0.1) is 24.0 Å². The van der Waals surface area contributed by atoms with Gasteiger partial charge in [0.05, 0.1) is 4.92 Å². The summed E-state index contributed by atoms with van der Waals surface area (Å²) in [5.74, 6) is -0.494. The van der Waals surface area contributed by atoms with Crippen LogP contribution in [0.15, 0.2) is 40.9 Å². The number of carbonyl (C=O) groups excluding carboxylic acids is 1. The predicted octanol–water partition coefficient (Wildman–Crippen LogP) is 4.23. The van der Waals surface area contributed by atoms with E-state index < -0.39 is 10.8 Å². The number of carbonyl (C=O) groups is 1. The van der Waals surface area contributed by atoms with Crippen LogP contribution in [-0.2, 0) is 0 Å². The Hall–Kier alpha value is -2.21. The highest BCUT2D eigenvalue weighted by Gasteiger charge is 2.22. The van der Waals surface area contributed by atoms with Gasteiger partial charge in [0.25, 0.3) is 11.6 Å². The summed E-state index contributed by atoms with van der Waals surface area (Å²) in [4.78, 5) is 22.9. The molecule has 108 valence electrons. The maximum Gasteiger partial charge on any atom is 0.285 e. The molecule has 2 aromatic rings. The smallest absolute Gasteiger partial charge is 0.285 e. The number of hydrogen-bond donors (Lipinski definition) is 1. The van der Waals surface area contributed by atoms with Gasteiger partial charge in [0.2, 0.25) is 0 Å². The summed E-state index contributed by atoms with van der Waals surface area (Å²) in [6, 6.07) is 10.2. The normalized spacial score (nSPS) is 10.2. The van der Waals surface area contributed by atoms with Gasteiger partial charge < -0.3 is 5.32 Å². The molecule has 0 aliphatic heterocycles. The molecule has 1 amide bonds. The van der Waals surface area contributed by atoms with Gasteiger partial charge in [-0.3, -0.25) is 14.9 Å². The average Bonchev–Trinajstić information content (AvgIpc) is 2.42. The Morgan fingerprint density at radius 2 is 1.90 bits per heavy atom. The molecule has 0 aromatic heterocycles. The van der Waals surface area contributed by atoms with E-state index in [0.29, 0.717) is 11.3 Å². The topological polar surface area (TPSA) is 72.2 Å². The number of nitrogens with one attached hydrogen (secondary N) is 1. The summed E-state index contributed by atoms with van der Waals surface area (Å²) in [5.41, 5.74) is 1.84. The van der Waals surface area contributed by atoms with Crippen molar-refractivity contribution in [3.8, 4) is 0 Å². The fourth-order valence-electron chi connectivity index (χ4n) is 2.00. The second-order valence-corrected chi connectivity index (χ2v) is 5.56. The van der Waals surface area contributed by atoms with Gasteiger partial charge in [-0.25, -0.2) is 0 Å². The molecule has 5 nitrogen and oxygen atoms in total. The number of nitro groups is 1. The van der Waals surface area contributed by atoms with Crippen molar-refractivity contribution < 1.29 is 9.72 Å². The van der Waals surface area contributed by atoms with Crippen LogP contribution in [0.3, 0.4) is 0 Å². The predicted molar refractivity (Wildman–Crippen MR) is 84.7 cm³/mol. The lowest BCUT2D eigenvalue weighted by molar-refractivity contribution is -0.385. The van der Waals surface area contributed by atoms with Crippen molar-refractivity contribution in [2.45, 2.75) is 13.8 Å². The number of amides is 1. The van der Waals surface area contributed by atoms with Gasteiger partial charge >= 0.3 is 0 Å². The molecule has 0 atom stereocenters. The SMILES string of the molecule is Cc1ccc(Br)cc1NC(=O)c1cccc(C)c1[N+](=O)[O-]. The number of anilines is 1. The van der Waals surface area contributed by atoms with E-state index in [-0.39, 0.29) is 11.3 Å². The monoisotopic (exact) mass is 348 g/mol. The van der Waals surface area contributed by atoms with E-state index in [9.17, 15) is 14.9 Å². The number of rotatable bonds is 3. The van der Waals surface area contributed by atoms with E-state index in [1.54, 1.807) is 25.1 Å². The van der Waals surface area contributed by atoms with Crippen molar-refractivity contribution in [1.29, 1.82) is 0 Å². The number of para-hydroxylation sites is 1. The first-order chi connectivity index (χ1) is 9.90. The van der Waals surface area contributed by atoms with Gasteiger partial charge in [-0.1, -0.05) is 34.1 Å². The van der Waals surface area contributed by atoms with Gasteiger partial charge in [-0.15, -0.1) is 0 Å². The van der Waals surface area contributed by atoms with Crippen molar-refractivity contribution >= 4 is 33.2 Å². The lowest BCUT2D eigenvalue weighted by atomic mass is 10.1. The van der Waals surface area contributed by atoms with Crippen LogP contribution < -0.4 is 5.32 Å². The summed E-state index contributed by atoms with van der Waals surface area (Å²) in [5, 5.41) is 13.9. The molecule has 0 radical (unpaired) electrons. The first-order valence-corrected chi connectivity index (χ1v) is 7.01. The number of aryl methyl sites for hydroxylation is 2. The van der Waals surface area contributed by atoms with Gasteiger partial charge in [0.15, 0.2) is 0 Å². The Balaban J connectivity index is 2.40. The Morgan fingerprint density at radius 3 is 2.57 bits per heavy atom. The largest absolute Gasteiger partial charge is 0.321 e. The second kappa shape index (κ2) is 6.05. The second-order valence-electron chi connectivity index (χ2n) is 4.64. The minimum atomic E-state index is -0.530. The number of nitrogens with zero attached hydrogens (tertiary/aromatic N) is 1. The summed E-state index contributed by atoms with van der Waals surface area (Å²) >= 11 is 3.33. The van der Waals surface area contributed by atoms with Crippen LogP contribution in [0.4, 0.5) is 11.4 Å². The Bertz CT molecular complexity index is 729. The molecule has 21 heavy (non-hydrogen) atoms. The van der Waals surface area contributed by atoms with Gasteiger partial charge in [-0.2, -0.15) is 0 Å². The fraction of sp³-hybridized carbons (Fsp3) is 0.133. The average molecular weight is 349 g/mol. The molecule has 2 rings (SSSR count). The van der Waals surface area contributed by atoms with E-state index in [0.717, 1.165) is 10.0 Å². The molecule has 1 N–H and O–H groups in total. The molecule has 0 aliphatic carbocycles. The van der Waals surface area contributed by atoms with Crippen molar-refractivity contribution in [2.75, 3.05) is 5.32 Å². The Labute approximate surface area is 130 Å². The molecule has 6 heteroatoms. The first kappa shape index (κ1) is 15.2. The van der Waals surface area contributed by atoms with Crippen LogP contribution in [0.5, 0.6) is 0 Å². The lowest BCUT2D eigenvalue weighted by Gasteiger charge is -2.10. The van der Waals surface area contributed by atoms with Crippen molar-refractivity contribution in [3.05, 3.63) is 67.7 Å². The maximum absolute atomic E-state index is 12.3. The molecular formula is C15H13BrN2O3. The molecule has 0 unspecified atom stereocenters. The molecule has 0 fully saturated rings. The van der Waals surface area contributed by atoms with Crippen LogP contribution in [-0.4, -0.2) is 10.8 Å². The van der Waals surface area contributed by atoms with Crippen molar-refractivity contribution in [1.82, 2.24) is 0 Å². The molecule has 0 spiro atoms. The lowest BCUT2D eigenvalue weighted by Crippen LogP contribution is -2.15. The van der Waals surface area contributed by atoms with E-state index in [4.69, 9.17) is 0 Å². The summed E-state index contributed by atoms with van der Waals surface area (Å²) in [6.45, 7) is 3.46. The molecular weight excluding hydrogens is 336 g/mol. The molecule has 0 saturated carbocycles. The maximum atomic E-state index is 12.3. The van der Waals surface area contributed by atoms with Gasteiger partial charge in [-0.05, 0) is 37.6 Å². The number of halogens is 1. The van der Waals surface area contributed by atoms with Crippen LogP contribution >= 0.6 is 15.9 Å². The van der Waals surface area contributed by atoms with E-state index in [1.165, 1.54) is 6.07 Å². The number of benzene rings is 2. The summed E-state index contributed by atoms with van der Waals surface area (Å²) in [6.07, 6.45) is 0. The molecule has 2 aromatic carbocycles. The van der Waals surface area contributed by atoms with E-state index >= 15 is 0 Å².